The molecule has 0 unspecified atom stereocenters. The number of hydrogen-bond acceptors (Lipinski definition) is 2. The molecular weight excluding hydrogens is 512 g/mol. The van der Waals surface area contributed by atoms with Gasteiger partial charge in [0, 0.05) is 38.5 Å². The van der Waals surface area contributed by atoms with E-state index < -0.39 is 0 Å². The second-order valence-corrected chi connectivity index (χ2v) is 11.1. The quantitative estimate of drug-likeness (QED) is 0.237. The normalized spacial score (nSPS) is 12.6. The Morgan fingerprint density at radius 3 is 2.26 bits per heavy atom. The van der Waals surface area contributed by atoms with Gasteiger partial charge in [-0.05, 0) is 83.0 Å². The van der Waals surface area contributed by atoms with E-state index in [-0.39, 0.29) is 5.56 Å². The lowest BCUT2D eigenvalue weighted by Crippen LogP contribution is -2.20. The number of allylic oxidation sites excluding steroid dienone is 1. The topological polar surface area (TPSA) is 33.5 Å². The molecule has 1 aliphatic rings. The maximum absolute atomic E-state index is 13.7. The average Bonchev–Trinajstić information content (AvgIpc) is 3.77. The minimum atomic E-state index is 0.000857. The van der Waals surface area contributed by atoms with Gasteiger partial charge in [0.15, 0.2) is 0 Å². The lowest BCUT2D eigenvalue weighted by Gasteiger charge is -2.13. The molecule has 5 aromatic carbocycles. The average molecular weight is 541 g/mol. The summed E-state index contributed by atoms with van der Waals surface area (Å²) < 4.78 is 1.85. The molecule has 0 fully saturated rings. The van der Waals surface area contributed by atoms with E-state index >= 15 is 0 Å². The summed E-state index contributed by atoms with van der Waals surface area (Å²) in [6.07, 6.45) is 3.23. The predicted molar refractivity (Wildman–Crippen MR) is 177 cm³/mol. The summed E-state index contributed by atoms with van der Waals surface area (Å²) in [5.41, 5.74) is 12.8. The number of aromatic nitrogens is 1. The Morgan fingerprint density at radius 1 is 0.738 bits per heavy atom. The molecule has 0 saturated heterocycles. The highest BCUT2D eigenvalue weighted by molar-refractivity contribution is 6.05. The number of para-hydroxylation sites is 3. The molecule has 0 bridgehead atoms. The molecule has 2 aromatic heterocycles. The summed E-state index contributed by atoms with van der Waals surface area (Å²) in [4.78, 5) is 13.7. The van der Waals surface area contributed by atoms with Crippen LogP contribution in [-0.4, -0.2) is 4.40 Å². The van der Waals surface area contributed by atoms with Crippen LogP contribution in [0.25, 0.3) is 56.5 Å². The van der Waals surface area contributed by atoms with Crippen molar-refractivity contribution in [3.63, 3.8) is 0 Å². The van der Waals surface area contributed by atoms with E-state index in [0.29, 0.717) is 5.39 Å². The molecule has 3 heteroatoms. The Balaban J connectivity index is 1.26. The van der Waals surface area contributed by atoms with Crippen molar-refractivity contribution < 1.29 is 0 Å². The van der Waals surface area contributed by atoms with Gasteiger partial charge in [0.25, 0.3) is 5.56 Å². The molecule has 1 aliphatic carbocycles. The van der Waals surface area contributed by atoms with Crippen molar-refractivity contribution >= 4 is 56.8 Å². The van der Waals surface area contributed by atoms with E-state index in [2.05, 4.69) is 79.5 Å². The zero-order chi connectivity index (χ0) is 28.4. The van der Waals surface area contributed by atoms with Crippen LogP contribution in [0.15, 0.2) is 120 Å². The van der Waals surface area contributed by atoms with Gasteiger partial charge in [-0.1, -0.05) is 91.5 Å². The fraction of sp³-hybridized carbons (Fsp3) is 0.0513. The molecule has 0 atom stereocenters. The molecule has 2 heterocycles. The smallest absolute Gasteiger partial charge is 0.263 e. The van der Waals surface area contributed by atoms with Crippen molar-refractivity contribution in [2.45, 2.75) is 13.3 Å². The molecule has 3 nitrogen and oxygen atoms in total. The zero-order valence-electron chi connectivity index (χ0n) is 23.3. The van der Waals surface area contributed by atoms with Crippen molar-refractivity contribution in [1.82, 2.24) is 4.40 Å². The van der Waals surface area contributed by atoms with Gasteiger partial charge in [0.05, 0.1) is 11.0 Å². The van der Waals surface area contributed by atoms with Crippen molar-refractivity contribution in [3.05, 3.63) is 153 Å². The molecule has 0 amide bonds. The van der Waals surface area contributed by atoms with E-state index in [0.717, 1.165) is 50.4 Å². The van der Waals surface area contributed by atoms with Crippen LogP contribution in [0.3, 0.4) is 0 Å². The highest BCUT2D eigenvalue weighted by Crippen LogP contribution is 2.45. The van der Waals surface area contributed by atoms with E-state index in [1.807, 2.05) is 65.1 Å². The first kappa shape index (κ1) is 24.4. The highest BCUT2D eigenvalue weighted by Gasteiger charge is 2.27. The zero-order valence-corrected chi connectivity index (χ0v) is 23.3. The first-order chi connectivity index (χ1) is 20.6. The van der Waals surface area contributed by atoms with Gasteiger partial charge in [-0.3, -0.25) is 9.20 Å². The summed E-state index contributed by atoms with van der Waals surface area (Å²) >= 11 is 0. The van der Waals surface area contributed by atoms with Gasteiger partial charge < -0.3 is 5.32 Å². The minimum Gasteiger partial charge on any atom is -0.355 e. The van der Waals surface area contributed by atoms with E-state index in [1.165, 1.54) is 33.4 Å². The molecule has 0 spiro atoms. The third-order valence-corrected chi connectivity index (χ3v) is 8.60. The van der Waals surface area contributed by atoms with Gasteiger partial charge in [0.1, 0.15) is 0 Å². The van der Waals surface area contributed by atoms with Crippen LogP contribution in [0.2, 0.25) is 0 Å². The first-order valence-corrected chi connectivity index (χ1v) is 14.3. The molecule has 8 rings (SSSR count). The molecule has 42 heavy (non-hydrogen) atoms. The van der Waals surface area contributed by atoms with E-state index in [4.69, 9.17) is 0 Å². The number of hydrogen-bond donors (Lipinski definition) is 1. The Morgan fingerprint density at radius 2 is 1.43 bits per heavy atom. The standard InChI is InChI=1S/C39H28N2O/c1-24(22-35-31-16-9-11-19-37(31)41-38(35)25(2)28-14-6-7-17-32(28)39(41)42)27-20-21-29(34-23-33(27)34)30-15-8-10-18-36(30)40-26-12-4-3-5-13-26/h3-22,40H,2,23H2,1H3/b24-22+. The van der Waals surface area contributed by atoms with Gasteiger partial charge >= 0.3 is 0 Å². The largest absolute Gasteiger partial charge is 0.355 e. The van der Waals surface area contributed by atoms with Crippen molar-refractivity contribution in [2.24, 2.45) is 0 Å². The summed E-state index contributed by atoms with van der Waals surface area (Å²) in [6.45, 7) is 6.65. The third-order valence-electron chi connectivity index (χ3n) is 8.60. The predicted octanol–water partition coefficient (Wildman–Crippen LogP) is 8.61. The van der Waals surface area contributed by atoms with Crippen LogP contribution in [-0.2, 0) is 6.42 Å². The number of nitrogens with one attached hydrogen (secondary N) is 1. The van der Waals surface area contributed by atoms with Crippen LogP contribution >= 0.6 is 0 Å². The first-order valence-electron chi connectivity index (χ1n) is 14.3. The van der Waals surface area contributed by atoms with Gasteiger partial charge in [-0.25, -0.2) is 0 Å². The fourth-order valence-electron chi connectivity index (χ4n) is 6.54. The lowest BCUT2D eigenvalue weighted by molar-refractivity contribution is 1.19. The Hall–Kier alpha value is -5.41. The van der Waals surface area contributed by atoms with Crippen molar-refractivity contribution in [2.75, 3.05) is 5.32 Å². The van der Waals surface area contributed by atoms with Gasteiger partial charge in [-0.2, -0.15) is 0 Å². The maximum atomic E-state index is 13.7. The molecule has 0 aliphatic heterocycles. The van der Waals surface area contributed by atoms with E-state index in [9.17, 15) is 4.79 Å². The second kappa shape index (κ2) is 9.32. The van der Waals surface area contributed by atoms with Crippen LogP contribution in [0.5, 0.6) is 0 Å². The highest BCUT2D eigenvalue weighted by atomic mass is 16.1. The van der Waals surface area contributed by atoms with Crippen molar-refractivity contribution in [1.29, 1.82) is 0 Å². The van der Waals surface area contributed by atoms with Gasteiger partial charge in [-0.15, -0.1) is 0 Å². The van der Waals surface area contributed by atoms with E-state index in [1.54, 1.807) is 0 Å². The SMILES string of the molecule is C=c1c2ccccc2c(=O)n2c1c(/C=C(\C)c1ccc(-c3ccccc3Nc3ccccc3)c3c1C3)c1ccccc12. The Kier molecular flexibility index (Phi) is 5.41. The summed E-state index contributed by atoms with van der Waals surface area (Å²) in [5.74, 6) is 0. The minimum absolute atomic E-state index is 0.000857. The maximum Gasteiger partial charge on any atom is 0.263 e. The molecule has 1 N–H and O–H groups in total. The summed E-state index contributed by atoms with van der Waals surface area (Å²) in [6, 6.07) is 39.3. The molecule has 200 valence electrons. The number of nitrogens with zero attached hydrogens (tertiary/aromatic N) is 1. The molecule has 0 radical (unpaired) electrons. The number of rotatable bonds is 5. The number of fused-ring (bicyclic) bond motifs is 5. The third kappa shape index (κ3) is 3.71. The van der Waals surface area contributed by atoms with Crippen LogP contribution < -0.4 is 16.1 Å². The Labute approximate surface area is 243 Å². The second-order valence-electron chi connectivity index (χ2n) is 11.1. The molecule has 7 aromatic rings. The van der Waals surface area contributed by atoms with Gasteiger partial charge in [0.2, 0.25) is 0 Å². The number of benzene rings is 5. The Bertz CT molecular complexity index is 2350. The van der Waals surface area contributed by atoms with Crippen molar-refractivity contribution in [3.8, 4) is 11.1 Å². The summed E-state index contributed by atoms with van der Waals surface area (Å²) in [7, 11) is 0. The van der Waals surface area contributed by atoms with Crippen LogP contribution in [0.4, 0.5) is 11.4 Å². The van der Waals surface area contributed by atoms with Crippen LogP contribution in [0, 0.1) is 0 Å². The summed E-state index contributed by atoms with van der Waals surface area (Å²) in [5, 5.41) is 7.15. The molecular formula is C39H28N2O. The monoisotopic (exact) mass is 540 g/mol. The lowest BCUT2D eigenvalue weighted by atomic mass is 9.98. The number of anilines is 2. The molecule has 0 saturated carbocycles. The fourth-order valence-corrected chi connectivity index (χ4v) is 6.54. The number of pyridine rings is 1. The van der Waals surface area contributed by atoms with Crippen LogP contribution in [0.1, 0.15) is 29.2 Å².